The van der Waals surface area contributed by atoms with E-state index in [1.807, 2.05) is 26.0 Å². The molecule has 1 saturated heterocycles. The number of aryl methyl sites for hydroxylation is 2. The van der Waals surface area contributed by atoms with Crippen LogP contribution < -0.4 is 5.32 Å². The van der Waals surface area contributed by atoms with Gasteiger partial charge < -0.3 is 10.4 Å². The molecule has 4 nitrogen and oxygen atoms in total. The highest BCUT2D eigenvalue weighted by atomic mass is 35.5. The van der Waals surface area contributed by atoms with Crippen molar-refractivity contribution >= 4 is 46.2 Å². The largest absolute Gasteiger partial charge is 0.506 e. The summed E-state index contributed by atoms with van der Waals surface area (Å²) in [4.78, 5) is 17.1. The summed E-state index contributed by atoms with van der Waals surface area (Å²) < 4.78 is 0. The lowest BCUT2D eigenvalue weighted by molar-refractivity contribution is -0.115. The smallest absolute Gasteiger partial charge is 0.264 e. The number of nitrogens with one attached hydrogen (secondary N) is 1. The van der Waals surface area contributed by atoms with Crippen molar-refractivity contribution in [2.24, 2.45) is 4.99 Å². The number of aliphatic imine (C=N–C) groups is 1. The Balaban J connectivity index is 1.86. The molecule has 2 aromatic carbocycles. The van der Waals surface area contributed by atoms with E-state index in [1.165, 1.54) is 17.8 Å². The molecule has 0 aromatic heterocycles. The van der Waals surface area contributed by atoms with E-state index in [0.717, 1.165) is 22.4 Å². The molecule has 0 atom stereocenters. The Bertz CT molecular complexity index is 870. The van der Waals surface area contributed by atoms with Crippen LogP contribution in [-0.4, -0.2) is 16.2 Å². The number of rotatable bonds is 2. The number of amides is 1. The Morgan fingerprint density at radius 3 is 2.54 bits per heavy atom. The highest BCUT2D eigenvalue weighted by molar-refractivity contribution is 8.18. The minimum Gasteiger partial charge on any atom is -0.506 e. The van der Waals surface area contributed by atoms with Crippen LogP contribution >= 0.6 is 23.4 Å². The van der Waals surface area contributed by atoms with Gasteiger partial charge in [-0.15, -0.1) is 0 Å². The number of hydrogen-bond acceptors (Lipinski definition) is 4. The number of hydrogen-bond donors (Lipinski definition) is 2. The first-order valence-corrected chi connectivity index (χ1v) is 8.46. The van der Waals surface area contributed by atoms with Gasteiger partial charge in [0.2, 0.25) is 0 Å². The molecule has 2 N–H and O–H groups in total. The molecule has 2 aromatic rings. The molecule has 0 spiro atoms. The average Bonchev–Trinajstić information content (AvgIpc) is 2.81. The monoisotopic (exact) mass is 358 g/mol. The van der Waals surface area contributed by atoms with Gasteiger partial charge in [-0.25, -0.2) is 4.99 Å². The zero-order valence-corrected chi connectivity index (χ0v) is 14.7. The molecule has 122 valence electrons. The Morgan fingerprint density at radius 1 is 1.17 bits per heavy atom. The summed E-state index contributed by atoms with van der Waals surface area (Å²) in [5.74, 6) is -0.188. The van der Waals surface area contributed by atoms with Crippen molar-refractivity contribution in [3.63, 3.8) is 0 Å². The Hall–Kier alpha value is -2.24. The molecule has 1 aliphatic rings. The number of carbonyl (C=O) groups is 1. The van der Waals surface area contributed by atoms with Crippen molar-refractivity contribution in [1.82, 2.24) is 5.32 Å². The first-order valence-electron chi connectivity index (χ1n) is 7.27. The van der Waals surface area contributed by atoms with Gasteiger partial charge in [-0.3, -0.25) is 4.79 Å². The van der Waals surface area contributed by atoms with Crippen LogP contribution in [0.3, 0.4) is 0 Å². The van der Waals surface area contributed by atoms with Gasteiger partial charge in [-0.1, -0.05) is 23.7 Å². The molecule has 0 aliphatic carbocycles. The molecule has 6 heteroatoms. The minimum atomic E-state index is -0.202. The number of halogens is 1. The van der Waals surface area contributed by atoms with Crippen molar-refractivity contribution in [1.29, 1.82) is 0 Å². The van der Waals surface area contributed by atoms with Crippen molar-refractivity contribution < 1.29 is 9.90 Å². The van der Waals surface area contributed by atoms with Crippen molar-refractivity contribution in [3.8, 4) is 5.75 Å². The summed E-state index contributed by atoms with van der Waals surface area (Å²) in [6.07, 6.45) is 1.72. The molecule has 0 unspecified atom stereocenters. The maximum atomic E-state index is 12.1. The second kappa shape index (κ2) is 6.71. The number of phenols is 1. The molecule has 1 aliphatic heterocycles. The number of carbonyl (C=O) groups excluding carboxylic acids is 1. The summed E-state index contributed by atoms with van der Waals surface area (Å²) >= 11 is 7.17. The van der Waals surface area contributed by atoms with Crippen LogP contribution in [0.15, 0.2) is 46.3 Å². The van der Waals surface area contributed by atoms with E-state index in [4.69, 9.17) is 11.6 Å². The topological polar surface area (TPSA) is 61.7 Å². The number of amidine groups is 1. The number of aromatic hydroxyl groups is 1. The Morgan fingerprint density at radius 2 is 1.88 bits per heavy atom. The van der Waals surface area contributed by atoms with Crippen LogP contribution in [0, 0.1) is 13.8 Å². The summed E-state index contributed by atoms with van der Waals surface area (Å²) in [6, 6.07) is 10.8. The van der Waals surface area contributed by atoms with Gasteiger partial charge in [-0.05, 0) is 72.6 Å². The van der Waals surface area contributed by atoms with Crippen LogP contribution in [0.1, 0.15) is 16.7 Å². The second-order valence-electron chi connectivity index (χ2n) is 5.54. The second-order valence-corrected chi connectivity index (χ2v) is 6.98. The fraction of sp³-hybridized carbons (Fsp3) is 0.111. The van der Waals surface area contributed by atoms with E-state index in [2.05, 4.69) is 16.4 Å². The van der Waals surface area contributed by atoms with Gasteiger partial charge in [0.05, 0.1) is 15.6 Å². The Labute approximate surface area is 149 Å². The molecule has 0 bridgehead atoms. The quantitative estimate of drug-likeness (QED) is 0.774. The van der Waals surface area contributed by atoms with E-state index >= 15 is 0 Å². The summed E-state index contributed by atoms with van der Waals surface area (Å²) in [6.45, 7) is 4.02. The molecule has 24 heavy (non-hydrogen) atoms. The third-order valence-electron chi connectivity index (χ3n) is 3.36. The zero-order valence-electron chi connectivity index (χ0n) is 13.1. The summed E-state index contributed by atoms with van der Waals surface area (Å²) in [5.41, 5.74) is 3.80. The molecule has 1 heterocycles. The standard InChI is InChI=1S/C18H15ClN2O2S/c1-10-5-11(2)7-13(6-10)20-18-21-17(23)16(24-18)9-12-3-4-15(22)14(19)8-12/h3-9,22H,1-2H3,(H,20,21,23)/b16-9-. The van der Waals surface area contributed by atoms with Crippen molar-refractivity contribution in [3.05, 3.63) is 63.0 Å². The average molecular weight is 359 g/mol. The molecule has 1 fully saturated rings. The lowest BCUT2D eigenvalue weighted by Crippen LogP contribution is -2.19. The third-order valence-corrected chi connectivity index (χ3v) is 4.57. The number of nitrogens with zero attached hydrogens (tertiary/aromatic N) is 1. The third kappa shape index (κ3) is 3.80. The number of benzene rings is 2. The van der Waals surface area contributed by atoms with Crippen LogP contribution in [0.25, 0.3) is 6.08 Å². The molecule has 1 amide bonds. The van der Waals surface area contributed by atoms with Crippen molar-refractivity contribution in [2.45, 2.75) is 13.8 Å². The van der Waals surface area contributed by atoms with E-state index in [0.29, 0.717) is 10.1 Å². The highest BCUT2D eigenvalue weighted by Gasteiger charge is 2.23. The normalized spacial score (nSPS) is 17.5. The van der Waals surface area contributed by atoms with Crippen LogP contribution in [0.5, 0.6) is 5.75 Å². The van der Waals surface area contributed by atoms with Crippen molar-refractivity contribution in [2.75, 3.05) is 0 Å². The van der Waals surface area contributed by atoms with Gasteiger partial charge in [0, 0.05) is 0 Å². The molecule has 0 saturated carbocycles. The first kappa shape index (κ1) is 16.6. The fourth-order valence-electron chi connectivity index (χ4n) is 2.38. The first-order chi connectivity index (χ1) is 11.4. The van der Waals surface area contributed by atoms with E-state index in [1.54, 1.807) is 18.2 Å². The van der Waals surface area contributed by atoms with Crippen LogP contribution in [0.4, 0.5) is 5.69 Å². The maximum Gasteiger partial charge on any atom is 0.264 e. The SMILES string of the molecule is Cc1cc(C)cc(N=C2NC(=O)/C(=C/c3ccc(O)c(Cl)c3)S2)c1. The summed E-state index contributed by atoms with van der Waals surface area (Å²) in [7, 11) is 0. The van der Waals surface area contributed by atoms with E-state index in [9.17, 15) is 9.90 Å². The molecular formula is C18H15ClN2O2S. The predicted molar refractivity (Wildman–Crippen MR) is 99.8 cm³/mol. The van der Waals surface area contributed by atoms with Crippen LogP contribution in [-0.2, 0) is 4.79 Å². The van der Waals surface area contributed by atoms with Gasteiger partial charge >= 0.3 is 0 Å². The van der Waals surface area contributed by atoms with Gasteiger partial charge in [-0.2, -0.15) is 0 Å². The molecule has 0 radical (unpaired) electrons. The van der Waals surface area contributed by atoms with Gasteiger partial charge in [0.15, 0.2) is 5.17 Å². The number of phenolic OH excluding ortho intramolecular Hbond substituents is 1. The zero-order chi connectivity index (χ0) is 17.3. The minimum absolute atomic E-state index is 0.0133. The van der Waals surface area contributed by atoms with E-state index < -0.39 is 0 Å². The summed E-state index contributed by atoms with van der Waals surface area (Å²) in [5, 5.41) is 13.0. The van der Waals surface area contributed by atoms with Gasteiger partial charge in [0.25, 0.3) is 5.91 Å². The number of thioether (sulfide) groups is 1. The fourth-order valence-corrected chi connectivity index (χ4v) is 3.41. The maximum absolute atomic E-state index is 12.1. The van der Waals surface area contributed by atoms with Crippen LogP contribution in [0.2, 0.25) is 5.02 Å². The lowest BCUT2D eigenvalue weighted by Gasteiger charge is -2.00. The predicted octanol–water partition coefficient (Wildman–Crippen LogP) is 4.55. The highest BCUT2D eigenvalue weighted by Crippen LogP contribution is 2.30. The van der Waals surface area contributed by atoms with Gasteiger partial charge in [0.1, 0.15) is 5.75 Å². The molecular weight excluding hydrogens is 344 g/mol. The lowest BCUT2D eigenvalue weighted by atomic mass is 10.1. The Kier molecular flexibility index (Phi) is 4.64. The molecule has 3 rings (SSSR count). The van der Waals surface area contributed by atoms with E-state index in [-0.39, 0.29) is 16.7 Å².